The Morgan fingerprint density at radius 3 is 2.23 bits per heavy atom. The van der Waals surface area contributed by atoms with Gasteiger partial charge in [0.1, 0.15) is 0 Å². The molecule has 2 radical (unpaired) electrons. The molecule has 44 heavy (non-hydrogen) atoms. The molecule has 0 saturated heterocycles. The molecule has 1 unspecified atom stereocenters. The maximum Gasteiger partial charge on any atom is 3.00 e. The van der Waals surface area contributed by atoms with Crippen LogP contribution in [0.4, 0.5) is 0 Å². The predicted octanol–water partition coefficient (Wildman–Crippen LogP) is 4.90. The summed E-state index contributed by atoms with van der Waals surface area (Å²) < 4.78 is 0. The average molecular weight is 711 g/mol. The van der Waals surface area contributed by atoms with Crippen molar-refractivity contribution in [2.45, 2.75) is 64.5 Å². The first kappa shape index (κ1) is 36.3. The zero-order valence-electron chi connectivity index (χ0n) is 26.0. The molecule has 0 spiro atoms. The summed E-state index contributed by atoms with van der Waals surface area (Å²) in [6, 6.07) is 39.6. The molecule has 1 atom stereocenters. The fraction of sp³-hybridized carbons (Fsp3) is 0.250. The molecule has 0 nitrogen and oxygen atoms in total. The Labute approximate surface area is 298 Å². The van der Waals surface area contributed by atoms with E-state index < -0.39 is 0 Å². The van der Waals surface area contributed by atoms with Crippen molar-refractivity contribution in [3.8, 4) is 22.3 Å². The topological polar surface area (TPSA) is 0 Å². The van der Waals surface area contributed by atoms with Crippen LogP contribution in [0.5, 0.6) is 0 Å². The molecule has 0 amide bonds. The second-order valence-electron chi connectivity index (χ2n) is 11.5. The van der Waals surface area contributed by atoms with Crippen LogP contribution in [0.1, 0.15) is 72.8 Å². The number of unbranched alkanes of at least 4 members (excludes halogenated alkanes) is 3. The van der Waals surface area contributed by atoms with Crippen LogP contribution in [0.3, 0.4) is 0 Å². The zero-order chi connectivity index (χ0) is 28.2. The fourth-order valence-corrected chi connectivity index (χ4v) is 6.85. The van der Waals surface area contributed by atoms with Crippen molar-refractivity contribution in [1.29, 1.82) is 0 Å². The third kappa shape index (κ3) is 7.10. The van der Waals surface area contributed by atoms with E-state index in [1.807, 2.05) is 0 Å². The Balaban J connectivity index is 0.000000849. The summed E-state index contributed by atoms with van der Waals surface area (Å²) in [6.07, 6.45) is 9.84. The number of rotatable bonds is 7. The van der Waals surface area contributed by atoms with Gasteiger partial charge in [-0.25, -0.2) is 0 Å². The molecule has 5 aromatic rings. The predicted molar refractivity (Wildman–Crippen MR) is 180 cm³/mol. The SMILES string of the molecule is CCCCCCC1=Cc2c(-c3cccc4ccccc34)cccc2C1c1[c-]ccc2c1Cc1ccccc1-2.C[SiH]C.[Cl-].[Cl-].[Zr+3]. The van der Waals surface area contributed by atoms with Crippen LogP contribution in [0.25, 0.3) is 39.1 Å². The van der Waals surface area contributed by atoms with Crippen molar-refractivity contribution in [2.24, 2.45) is 0 Å². The van der Waals surface area contributed by atoms with Gasteiger partial charge in [-0.05, 0) is 63.4 Å². The van der Waals surface area contributed by atoms with Crippen molar-refractivity contribution in [3.05, 3.63) is 137 Å². The number of benzene rings is 5. The minimum Gasteiger partial charge on any atom is -1.00 e. The van der Waals surface area contributed by atoms with E-state index in [1.165, 1.54) is 86.5 Å². The van der Waals surface area contributed by atoms with E-state index in [9.17, 15) is 0 Å². The van der Waals surface area contributed by atoms with Gasteiger partial charge < -0.3 is 24.8 Å². The standard InChI is InChI=1S/C38H33.C2H7Si.2ClH.Zr/c1-2-3-4-5-15-28-25-37-33(31-19-10-16-26-13-6-8-17-29(26)31)21-12-23-35(37)38(28)34-22-11-20-32-30-18-9-7-14-27(30)24-36(32)34;1-3-2;;;/h6-14,16-21,23,25,38H,2-5,15,24H2,1H3;3H,1-2H3;2*1H;/q-1;;;;+3/p-2. The first-order chi connectivity index (χ1) is 20.2. The van der Waals surface area contributed by atoms with Crippen molar-refractivity contribution in [1.82, 2.24) is 0 Å². The molecule has 2 aliphatic carbocycles. The molecule has 2 aliphatic rings. The normalized spacial score (nSPS) is 13.6. The van der Waals surface area contributed by atoms with Gasteiger partial charge in [-0.1, -0.05) is 136 Å². The molecule has 7 rings (SSSR count). The summed E-state index contributed by atoms with van der Waals surface area (Å²) in [7, 11) is 0.750. The third-order valence-corrected chi connectivity index (χ3v) is 8.65. The summed E-state index contributed by atoms with van der Waals surface area (Å²) in [5.74, 6) is 0.283. The quantitative estimate of drug-likeness (QED) is 0.126. The summed E-state index contributed by atoms with van der Waals surface area (Å²) >= 11 is 0. The number of allylic oxidation sites excluding steroid dienone is 1. The molecule has 4 heteroatoms. The van der Waals surface area contributed by atoms with E-state index in [4.69, 9.17) is 0 Å². The van der Waals surface area contributed by atoms with E-state index in [1.54, 1.807) is 5.57 Å². The second kappa shape index (κ2) is 16.9. The fourth-order valence-electron chi connectivity index (χ4n) is 6.85. The first-order valence-corrected chi connectivity index (χ1v) is 17.7. The van der Waals surface area contributed by atoms with Crippen LogP contribution in [0.15, 0.2) is 103 Å². The van der Waals surface area contributed by atoms with Crippen molar-refractivity contribution in [2.75, 3.05) is 0 Å². The van der Waals surface area contributed by atoms with Crippen LogP contribution in [-0.4, -0.2) is 9.52 Å². The molecule has 0 bridgehead atoms. The Bertz CT molecular complexity index is 1720. The van der Waals surface area contributed by atoms with Crippen LogP contribution in [0.2, 0.25) is 13.1 Å². The van der Waals surface area contributed by atoms with Gasteiger partial charge in [0.25, 0.3) is 0 Å². The Kier molecular flexibility index (Phi) is 13.9. The Morgan fingerprint density at radius 1 is 0.727 bits per heavy atom. The smallest absolute Gasteiger partial charge is 1.00 e. The van der Waals surface area contributed by atoms with E-state index in [0.29, 0.717) is 0 Å². The molecule has 222 valence electrons. The molecule has 0 saturated carbocycles. The molecule has 5 aromatic carbocycles. The minimum atomic E-state index is 0. The number of halogens is 2. The van der Waals surface area contributed by atoms with Gasteiger partial charge in [0, 0.05) is 15.4 Å². The maximum absolute atomic E-state index is 3.77. The van der Waals surface area contributed by atoms with Gasteiger partial charge in [-0.3, -0.25) is 0 Å². The largest absolute Gasteiger partial charge is 3.00 e. The van der Waals surface area contributed by atoms with Crippen molar-refractivity contribution < 1.29 is 51.0 Å². The van der Waals surface area contributed by atoms with E-state index >= 15 is 0 Å². The molecular weight excluding hydrogens is 671 g/mol. The summed E-state index contributed by atoms with van der Waals surface area (Å²) in [6.45, 7) is 6.71. The number of fused-ring (bicyclic) bond motifs is 5. The van der Waals surface area contributed by atoms with Gasteiger partial charge >= 0.3 is 26.2 Å². The summed E-state index contributed by atoms with van der Waals surface area (Å²) in [5, 5.41) is 2.63. The number of hydrogen-bond donors (Lipinski definition) is 0. The van der Waals surface area contributed by atoms with E-state index in [2.05, 4.69) is 129 Å². The minimum absolute atomic E-state index is 0. The monoisotopic (exact) mass is 708 g/mol. The molecule has 0 aromatic heterocycles. The van der Waals surface area contributed by atoms with Crippen LogP contribution >= 0.6 is 0 Å². The van der Waals surface area contributed by atoms with E-state index in [-0.39, 0.29) is 56.9 Å². The summed E-state index contributed by atoms with van der Waals surface area (Å²) in [5.41, 5.74) is 14.2. The van der Waals surface area contributed by atoms with Crippen molar-refractivity contribution in [3.63, 3.8) is 0 Å². The van der Waals surface area contributed by atoms with Crippen LogP contribution in [-0.2, 0) is 32.6 Å². The maximum atomic E-state index is 3.77. The van der Waals surface area contributed by atoms with Crippen molar-refractivity contribution >= 4 is 26.4 Å². The average Bonchev–Trinajstić information content (AvgIpc) is 3.58. The number of hydrogen-bond acceptors (Lipinski definition) is 0. The van der Waals surface area contributed by atoms with Crippen LogP contribution < -0.4 is 24.8 Å². The zero-order valence-corrected chi connectivity index (χ0v) is 31.1. The molecule has 0 aliphatic heterocycles. The summed E-state index contributed by atoms with van der Waals surface area (Å²) in [4.78, 5) is 0. The van der Waals surface area contributed by atoms with Gasteiger partial charge in [-0.2, -0.15) is 18.2 Å². The molecule has 0 heterocycles. The van der Waals surface area contributed by atoms with Crippen LogP contribution in [0, 0.1) is 6.07 Å². The first-order valence-electron chi connectivity index (χ1n) is 15.4. The Morgan fingerprint density at radius 2 is 1.41 bits per heavy atom. The second-order valence-corrected chi connectivity index (χ2v) is 12.6. The van der Waals surface area contributed by atoms with Gasteiger partial charge in [-0.15, -0.1) is 16.7 Å². The van der Waals surface area contributed by atoms with Gasteiger partial charge in [0.2, 0.25) is 0 Å². The molecule has 0 N–H and O–H groups in total. The van der Waals surface area contributed by atoms with Gasteiger partial charge in [0.05, 0.1) is 0 Å². The Hall–Kier alpha value is -2.22. The molecular formula is C40H40Cl2SiZr. The van der Waals surface area contributed by atoms with Gasteiger partial charge in [0.15, 0.2) is 0 Å². The molecule has 0 fully saturated rings. The third-order valence-electron chi connectivity index (χ3n) is 8.65. The van der Waals surface area contributed by atoms with E-state index in [0.717, 1.165) is 22.4 Å².